The van der Waals surface area contributed by atoms with Crippen molar-refractivity contribution in [3.05, 3.63) is 35.9 Å². The van der Waals surface area contributed by atoms with Gasteiger partial charge in [-0.3, -0.25) is 9.59 Å². The van der Waals surface area contributed by atoms with Gasteiger partial charge in [0.15, 0.2) is 0 Å². The number of carbonyl (C=O) groups is 3. The molecule has 1 aromatic rings. The van der Waals surface area contributed by atoms with E-state index in [1.165, 1.54) is 7.11 Å². The minimum absolute atomic E-state index is 0.0738. The molecule has 6 nitrogen and oxygen atoms in total. The molecule has 6 heteroatoms. The molecule has 1 atom stereocenters. The van der Waals surface area contributed by atoms with E-state index in [4.69, 9.17) is 0 Å². The number of ether oxygens (including phenoxy) is 1. The third-order valence-electron chi connectivity index (χ3n) is 3.11. The second-order valence-electron chi connectivity index (χ2n) is 5.18. The Morgan fingerprint density at radius 3 is 2.32 bits per heavy atom. The Kier molecular flexibility index (Phi) is 7.08. The van der Waals surface area contributed by atoms with Crippen LogP contribution in [0.3, 0.4) is 0 Å². The molecule has 0 bridgehead atoms. The van der Waals surface area contributed by atoms with E-state index in [0.29, 0.717) is 5.56 Å². The summed E-state index contributed by atoms with van der Waals surface area (Å²) in [4.78, 5) is 35.2. The summed E-state index contributed by atoms with van der Waals surface area (Å²) in [6.07, 6.45) is 0.0960. The van der Waals surface area contributed by atoms with Crippen molar-refractivity contribution in [2.45, 2.75) is 26.3 Å². The van der Waals surface area contributed by atoms with Gasteiger partial charge in [0, 0.05) is 18.5 Å². The van der Waals surface area contributed by atoms with Gasteiger partial charge in [-0.2, -0.15) is 0 Å². The van der Waals surface area contributed by atoms with Crippen LogP contribution in [0.15, 0.2) is 30.3 Å². The van der Waals surface area contributed by atoms with Crippen LogP contribution in [0, 0.1) is 5.92 Å². The summed E-state index contributed by atoms with van der Waals surface area (Å²) in [6, 6.07) is 8.07. The van der Waals surface area contributed by atoms with Crippen molar-refractivity contribution in [3.8, 4) is 0 Å². The molecule has 22 heavy (non-hydrogen) atoms. The Morgan fingerprint density at radius 2 is 1.77 bits per heavy atom. The molecule has 1 unspecified atom stereocenters. The fourth-order valence-electron chi connectivity index (χ4n) is 1.85. The second kappa shape index (κ2) is 8.81. The molecule has 0 heterocycles. The molecular formula is C16H22N2O4. The van der Waals surface area contributed by atoms with Crippen molar-refractivity contribution in [2.24, 2.45) is 5.92 Å². The van der Waals surface area contributed by atoms with Gasteiger partial charge in [-0.1, -0.05) is 32.0 Å². The van der Waals surface area contributed by atoms with E-state index < -0.39 is 12.0 Å². The molecule has 2 N–H and O–H groups in total. The minimum Gasteiger partial charge on any atom is -0.467 e. The Hall–Kier alpha value is -2.37. The third-order valence-corrected chi connectivity index (χ3v) is 3.11. The first-order chi connectivity index (χ1) is 10.5. The number of rotatable bonds is 7. The highest BCUT2D eigenvalue weighted by Crippen LogP contribution is 2.04. The standard InChI is InChI=1S/C16H22N2O4/c1-11(2)14(16(21)22-3)18-13(19)9-10-17-15(20)12-7-5-4-6-8-12/h4-8,11,14H,9-10H2,1-3H3,(H,17,20)(H,18,19). The van der Waals surface area contributed by atoms with Gasteiger partial charge >= 0.3 is 5.97 Å². The van der Waals surface area contributed by atoms with Gasteiger partial charge in [0.05, 0.1) is 7.11 Å². The molecule has 0 aliphatic carbocycles. The van der Waals surface area contributed by atoms with Crippen molar-refractivity contribution in [3.63, 3.8) is 0 Å². The lowest BCUT2D eigenvalue weighted by atomic mass is 10.0. The molecule has 0 saturated carbocycles. The molecule has 0 aliphatic rings. The second-order valence-corrected chi connectivity index (χ2v) is 5.18. The van der Waals surface area contributed by atoms with Crippen LogP contribution < -0.4 is 10.6 Å². The molecular weight excluding hydrogens is 284 g/mol. The minimum atomic E-state index is -0.678. The maximum Gasteiger partial charge on any atom is 0.328 e. The molecule has 120 valence electrons. The molecule has 1 rings (SSSR count). The fraction of sp³-hybridized carbons (Fsp3) is 0.438. The lowest BCUT2D eigenvalue weighted by Crippen LogP contribution is -2.45. The van der Waals surface area contributed by atoms with Crippen molar-refractivity contribution in [2.75, 3.05) is 13.7 Å². The van der Waals surface area contributed by atoms with Gasteiger partial charge in [0.25, 0.3) is 5.91 Å². The van der Waals surface area contributed by atoms with E-state index in [1.807, 2.05) is 19.9 Å². The zero-order chi connectivity index (χ0) is 16.5. The number of hydrogen-bond acceptors (Lipinski definition) is 4. The van der Waals surface area contributed by atoms with Gasteiger partial charge in [0.1, 0.15) is 6.04 Å². The van der Waals surface area contributed by atoms with Crippen LogP contribution in [0.2, 0.25) is 0 Å². The summed E-state index contributed by atoms with van der Waals surface area (Å²) in [5.41, 5.74) is 0.539. The summed E-state index contributed by atoms with van der Waals surface area (Å²) < 4.78 is 4.65. The largest absolute Gasteiger partial charge is 0.467 e. The quantitative estimate of drug-likeness (QED) is 0.739. The predicted molar refractivity (Wildman–Crippen MR) is 82.2 cm³/mol. The van der Waals surface area contributed by atoms with E-state index in [1.54, 1.807) is 24.3 Å². The lowest BCUT2D eigenvalue weighted by Gasteiger charge is -2.19. The monoisotopic (exact) mass is 306 g/mol. The molecule has 0 saturated heterocycles. The van der Waals surface area contributed by atoms with Gasteiger partial charge in [-0.05, 0) is 18.1 Å². The van der Waals surface area contributed by atoms with Crippen LogP contribution >= 0.6 is 0 Å². The van der Waals surface area contributed by atoms with E-state index in [0.717, 1.165) is 0 Å². The van der Waals surface area contributed by atoms with Gasteiger partial charge in [0.2, 0.25) is 5.91 Å². The number of benzene rings is 1. The van der Waals surface area contributed by atoms with Crippen LogP contribution in [0.25, 0.3) is 0 Å². The highest BCUT2D eigenvalue weighted by molar-refractivity contribution is 5.94. The van der Waals surface area contributed by atoms with Crippen LogP contribution in [0.5, 0.6) is 0 Å². The zero-order valence-electron chi connectivity index (χ0n) is 13.1. The summed E-state index contributed by atoms with van der Waals surface area (Å²) >= 11 is 0. The van der Waals surface area contributed by atoms with Crippen LogP contribution in [-0.2, 0) is 14.3 Å². The summed E-state index contributed by atoms with van der Waals surface area (Å²) in [7, 11) is 1.28. The summed E-state index contributed by atoms with van der Waals surface area (Å²) in [5.74, 6) is -1.09. The molecule has 0 aromatic heterocycles. The SMILES string of the molecule is COC(=O)C(NC(=O)CCNC(=O)c1ccccc1)C(C)C. The number of carbonyl (C=O) groups excluding carboxylic acids is 3. The van der Waals surface area contributed by atoms with Crippen LogP contribution in [-0.4, -0.2) is 37.5 Å². The Morgan fingerprint density at radius 1 is 1.14 bits per heavy atom. The maximum absolute atomic E-state index is 11.8. The average molecular weight is 306 g/mol. The van der Waals surface area contributed by atoms with E-state index >= 15 is 0 Å². The van der Waals surface area contributed by atoms with Crippen LogP contribution in [0.1, 0.15) is 30.6 Å². The van der Waals surface area contributed by atoms with Crippen LogP contribution in [0.4, 0.5) is 0 Å². The highest BCUT2D eigenvalue weighted by Gasteiger charge is 2.24. The number of esters is 1. The molecule has 0 fully saturated rings. The Labute approximate surface area is 130 Å². The molecule has 1 aromatic carbocycles. The van der Waals surface area contributed by atoms with E-state index in [2.05, 4.69) is 15.4 Å². The van der Waals surface area contributed by atoms with E-state index in [9.17, 15) is 14.4 Å². The third kappa shape index (κ3) is 5.55. The lowest BCUT2D eigenvalue weighted by molar-refractivity contribution is -0.146. The number of amides is 2. The van der Waals surface area contributed by atoms with Crippen molar-refractivity contribution >= 4 is 17.8 Å². The first-order valence-electron chi connectivity index (χ1n) is 7.16. The number of methoxy groups -OCH3 is 1. The first kappa shape index (κ1) is 17.7. The summed E-state index contributed by atoms with van der Waals surface area (Å²) in [6.45, 7) is 3.84. The van der Waals surface area contributed by atoms with Gasteiger partial charge < -0.3 is 15.4 Å². The predicted octanol–water partition coefficient (Wildman–Crippen LogP) is 1.12. The maximum atomic E-state index is 11.8. The normalized spacial score (nSPS) is 11.6. The fourth-order valence-corrected chi connectivity index (χ4v) is 1.85. The average Bonchev–Trinajstić information content (AvgIpc) is 2.52. The number of hydrogen-bond donors (Lipinski definition) is 2. The smallest absolute Gasteiger partial charge is 0.328 e. The van der Waals surface area contributed by atoms with E-state index in [-0.39, 0.29) is 30.7 Å². The highest BCUT2D eigenvalue weighted by atomic mass is 16.5. The van der Waals surface area contributed by atoms with Gasteiger partial charge in [-0.25, -0.2) is 4.79 Å². The zero-order valence-corrected chi connectivity index (χ0v) is 13.1. The van der Waals surface area contributed by atoms with Crippen molar-refractivity contribution in [1.82, 2.24) is 10.6 Å². The molecule has 2 amide bonds. The Bertz CT molecular complexity index is 514. The Balaban J connectivity index is 2.40. The first-order valence-corrected chi connectivity index (χ1v) is 7.16. The van der Waals surface area contributed by atoms with Gasteiger partial charge in [-0.15, -0.1) is 0 Å². The number of nitrogens with one attached hydrogen (secondary N) is 2. The van der Waals surface area contributed by atoms with Crippen molar-refractivity contribution in [1.29, 1.82) is 0 Å². The van der Waals surface area contributed by atoms with Crippen molar-refractivity contribution < 1.29 is 19.1 Å². The topological polar surface area (TPSA) is 84.5 Å². The summed E-state index contributed by atoms with van der Waals surface area (Å²) in [5, 5.41) is 5.28. The molecule has 0 aliphatic heterocycles. The molecule has 0 radical (unpaired) electrons. The molecule has 0 spiro atoms.